The second-order valence-corrected chi connectivity index (χ2v) is 9.87. The van der Waals surface area contributed by atoms with Crippen LogP contribution >= 0.6 is 0 Å². The molecule has 0 unspecified atom stereocenters. The average Bonchev–Trinajstić information content (AvgIpc) is 3.42. The highest BCUT2D eigenvalue weighted by molar-refractivity contribution is 6.01. The van der Waals surface area contributed by atoms with Gasteiger partial charge in [0, 0.05) is 12.3 Å². The molecule has 2 aromatic carbocycles. The van der Waals surface area contributed by atoms with Gasteiger partial charge >= 0.3 is 0 Å². The smallest absolute Gasteiger partial charge is 0.253 e. The molecule has 10 nitrogen and oxygen atoms in total. The summed E-state index contributed by atoms with van der Waals surface area (Å²) in [6, 6.07) is 11.6. The number of likely N-dealkylation sites (tertiary alicyclic amines) is 1. The number of nitrogens with one attached hydrogen (secondary N) is 3. The zero-order chi connectivity index (χ0) is 28.1. The Balaban J connectivity index is 1.32. The molecule has 0 bridgehead atoms. The van der Waals surface area contributed by atoms with Gasteiger partial charge in [0.05, 0.1) is 36.0 Å². The van der Waals surface area contributed by atoms with Crippen molar-refractivity contribution in [1.82, 2.24) is 19.9 Å². The van der Waals surface area contributed by atoms with Crippen LogP contribution in [-0.2, 0) is 0 Å². The fraction of sp³-hybridized carbons (Fsp3) is 0.345. The Bertz CT molecular complexity index is 1480. The number of amides is 1. The number of carbonyl (C=O) groups excluding carboxylic acids is 1. The van der Waals surface area contributed by atoms with Crippen LogP contribution in [0.25, 0.3) is 11.0 Å². The van der Waals surface area contributed by atoms with Crippen molar-refractivity contribution < 1.29 is 18.7 Å². The first kappa shape index (κ1) is 27.2. The summed E-state index contributed by atoms with van der Waals surface area (Å²) in [6.07, 6.45) is 5.19. The zero-order valence-electron chi connectivity index (χ0n) is 22.7. The second-order valence-electron chi connectivity index (χ2n) is 9.87. The van der Waals surface area contributed by atoms with E-state index in [1.807, 2.05) is 18.2 Å². The molecule has 210 valence electrons. The largest absolute Gasteiger partial charge is 0.494 e. The van der Waals surface area contributed by atoms with Crippen LogP contribution in [0.1, 0.15) is 36.5 Å². The van der Waals surface area contributed by atoms with Crippen LogP contribution < -0.4 is 25.8 Å². The molecule has 0 atom stereocenters. The quantitative estimate of drug-likeness (QED) is 0.202. The fourth-order valence-corrected chi connectivity index (χ4v) is 4.99. The first-order chi connectivity index (χ1) is 19.4. The molecule has 1 aliphatic rings. The van der Waals surface area contributed by atoms with Gasteiger partial charge in [-0.2, -0.15) is 9.97 Å². The molecule has 5 rings (SSSR count). The average molecular weight is 548 g/mol. The van der Waals surface area contributed by atoms with Gasteiger partial charge in [-0.05, 0) is 75.1 Å². The van der Waals surface area contributed by atoms with E-state index in [-0.39, 0.29) is 17.2 Å². The molecule has 0 aliphatic carbocycles. The molecule has 40 heavy (non-hydrogen) atoms. The van der Waals surface area contributed by atoms with Crippen molar-refractivity contribution in [2.45, 2.75) is 26.2 Å². The van der Waals surface area contributed by atoms with Crippen molar-refractivity contribution in [2.75, 3.05) is 44.0 Å². The van der Waals surface area contributed by atoms with E-state index in [4.69, 9.17) is 15.2 Å². The second kappa shape index (κ2) is 12.2. The number of aromatic amines is 1. The Morgan fingerprint density at radius 2 is 1.98 bits per heavy atom. The molecule has 1 amide bonds. The van der Waals surface area contributed by atoms with Gasteiger partial charge in [-0.3, -0.25) is 4.79 Å². The van der Waals surface area contributed by atoms with Gasteiger partial charge in [-0.15, -0.1) is 0 Å². The van der Waals surface area contributed by atoms with E-state index in [0.29, 0.717) is 40.8 Å². The van der Waals surface area contributed by atoms with Crippen LogP contribution in [0.3, 0.4) is 0 Å². The van der Waals surface area contributed by atoms with Crippen LogP contribution in [0.2, 0.25) is 0 Å². The highest BCUT2D eigenvalue weighted by Gasteiger charge is 2.20. The van der Waals surface area contributed by atoms with E-state index in [9.17, 15) is 9.18 Å². The van der Waals surface area contributed by atoms with Gasteiger partial charge in [0.15, 0.2) is 0 Å². The molecule has 11 heteroatoms. The van der Waals surface area contributed by atoms with Crippen molar-refractivity contribution in [3.63, 3.8) is 0 Å². The van der Waals surface area contributed by atoms with E-state index in [1.165, 1.54) is 18.6 Å². The summed E-state index contributed by atoms with van der Waals surface area (Å²) in [7, 11) is 1.59. The maximum absolute atomic E-state index is 14.3. The van der Waals surface area contributed by atoms with Crippen LogP contribution in [0.4, 0.5) is 27.5 Å². The molecule has 1 fully saturated rings. The van der Waals surface area contributed by atoms with Crippen molar-refractivity contribution in [2.24, 2.45) is 11.7 Å². The predicted molar refractivity (Wildman–Crippen MR) is 153 cm³/mol. The van der Waals surface area contributed by atoms with E-state index in [0.717, 1.165) is 38.2 Å². The minimum atomic E-state index is -0.882. The highest BCUT2D eigenvalue weighted by atomic mass is 19.1. The summed E-state index contributed by atoms with van der Waals surface area (Å²) in [6.45, 7) is 6.30. The van der Waals surface area contributed by atoms with Crippen molar-refractivity contribution >= 4 is 40.1 Å². The number of hydrogen-bond acceptors (Lipinski definition) is 8. The molecule has 3 heterocycles. The summed E-state index contributed by atoms with van der Waals surface area (Å²) < 4.78 is 26.1. The number of rotatable bonds is 11. The Morgan fingerprint density at radius 3 is 2.73 bits per heavy atom. The number of anilines is 4. The number of primary amides is 1. The molecular weight excluding hydrogens is 513 g/mol. The monoisotopic (exact) mass is 547 g/mol. The van der Waals surface area contributed by atoms with Gasteiger partial charge in [-0.25, -0.2) is 4.39 Å². The van der Waals surface area contributed by atoms with Crippen LogP contribution in [0.15, 0.2) is 48.7 Å². The lowest BCUT2D eigenvalue weighted by atomic mass is 9.98. The number of hydrogen-bond donors (Lipinski definition) is 4. The van der Waals surface area contributed by atoms with Crippen molar-refractivity contribution in [1.29, 1.82) is 0 Å². The van der Waals surface area contributed by atoms with E-state index >= 15 is 0 Å². The minimum absolute atomic E-state index is 0.203. The third-order valence-corrected chi connectivity index (χ3v) is 7.08. The number of halogens is 1. The number of fused-ring (bicyclic) bond motifs is 1. The summed E-state index contributed by atoms with van der Waals surface area (Å²) in [4.78, 5) is 26.6. The van der Waals surface area contributed by atoms with Crippen LogP contribution in [-0.4, -0.2) is 59.1 Å². The lowest BCUT2D eigenvalue weighted by molar-refractivity contribution is 0.0997. The molecule has 0 radical (unpaired) electrons. The number of ether oxygens (including phenoxy) is 2. The van der Waals surface area contributed by atoms with Gasteiger partial charge in [-0.1, -0.05) is 13.0 Å². The Morgan fingerprint density at radius 1 is 1.15 bits per heavy atom. The van der Waals surface area contributed by atoms with Gasteiger partial charge in [0.1, 0.15) is 28.8 Å². The third-order valence-electron chi connectivity index (χ3n) is 7.08. The Labute approximate surface area is 232 Å². The fourth-order valence-electron chi connectivity index (χ4n) is 4.99. The number of carbonyl (C=O) groups is 1. The minimum Gasteiger partial charge on any atom is -0.494 e. The normalized spacial score (nSPS) is 14.3. The summed E-state index contributed by atoms with van der Waals surface area (Å²) in [5.41, 5.74) is 6.56. The predicted octanol–water partition coefficient (Wildman–Crippen LogP) is 5.19. The first-order valence-corrected chi connectivity index (χ1v) is 13.5. The number of nitrogens with two attached hydrogens (primary N) is 1. The van der Waals surface area contributed by atoms with E-state index in [2.05, 4.69) is 37.4 Å². The number of aromatic nitrogens is 3. The molecule has 5 N–H and O–H groups in total. The van der Waals surface area contributed by atoms with E-state index < -0.39 is 11.7 Å². The maximum Gasteiger partial charge on any atom is 0.253 e. The molecule has 4 aromatic rings. The Kier molecular flexibility index (Phi) is 8.30. The van der Waals surface area contributed by atoms with Crippen LogP contribution in [0, 0.1) is 11.7 Å². The first-order valence-electron chi connectivity index (χ1n) is 13.5. The molecule has 1 saturated heterocycles. The standard InChI is InChI=1S/C29H34FN7O3/c1-3-13-37-14-10-18(11-15-37)17-40-19-7-8-22(24(16-19)39-2)34-29-35-27-20(9-12-32-27)28(36-29)33-23-6-4-5-21(30)25(23)26(31)38/h4-9,12,16,18H,3,10-11,13-15,17H2,1-2H3,(H2,31,38)(H3,32,33,34,35,36). The van der Waals surface area contributed by atoms with Crippen molar-refractivity contribution in [3.8, 4) is 11.5 Å². The van der Waals surface area contributed by atoms with Crippen LogP contribution in [0.5, 0.6) is 11.5 Å². The SMILES string of the molecule is CCCN1CCC(COc2ccc(Nc3nc(Nc4cccc(F)c4C(N)=O)c4cc[nH]c4n3)c(OC)c2)CC1. The number of nitrogens with zero attached hydrogens (tertiary/aromatic N) is 3. The van der Waals surface area contributed by atoms with E-state index in [1.54, 1.807) is 25.4 Å². The summed E-state index contributed by atoms with van der Waals surface area (Å²) in [5, 5.41) is 6.89. The third kappa shape index (κ3) is 6.09. The molecular formula is C29H34FN7O3. The highest BCUT2D eigenvalue weighted by Crippen LogP contribution is 2.33. The molecule has 1 aliphatic heterocycles. The van der Waals surface area contributed by atoms with Gasteiger partial charge in [0.2, 0.25) is 5.95 Å². The number of H-pyrrole nitrogens is 1. The molecule has 0 spiro atoms. The van der Waals surface area contributed by atoms with Gasteiger partial charge in [0.25, 0.3) is 5.91 Å². The zero-order valence-corrected chi connectivity index (χ0v) is 22.7. The summed E-state index contributed by atoms with van der Waals surface area (Å²) in [5.74, 6) is 0.868. The lowest BCUT2D eigenvalue weighted by Gasteiger charge is -2.31. The summed E-state index contributed by atoms with van der Waals surface area (Å²) >= 11 is 0. The maximum atomic E-state index is 14.3. The van der Waals surface area contributed by atoms with Crippen molar-refractivity contribution in [3.05, 3.63) is 60.0 Å². The number of methoxy groups -OCH3 is 1. The van der Waals surface area contributed by atoms with Gasteiger partial charge < -0.3 is 35.7 Å². The number of piperidine rings is 1. The lowest BCUT2D eigenvalue weighted by Crippen LogP contribution is -2.35. The Hall–Kier alpha value is -4.38. The topological polar surface area (TPSA) is 130 Å². The molecule has 0 saturated carbocycles. The molecule has 2 aromatic heterocycles. The number of benzene rings is 2.